The summed E-state index contributed by atoms with van der Waals surface area (Å²) in [6.07, 6.45) is 1.39. The molecule has 21 heavy (non-hydrogen) atoms. The number of ether oxygens (including phenoxy) is 2. The van der Waals surface area contributed by atoms with E-state index in [1.54, 1.807) is 0 Å². The first-order valence-corrected chi connectivity index (χ1v) is 8.07. The number of hydrogen-bond acceptors (Lipinski definition) is 4. The highest BCUT2D eigenvalue weighted by molar-refractivity contribution is 6.00. The standard InChI is InChI=1S/C17H32O4/c1-8-17(9-2,15(18)20-11-13(5)6)16(19)21-14(7)10-12(3)4/h12-14H,8-11H2,1-7H3. The van der Waals surface area contributed by atoms with Crippen molar-refractivity contribution in [2.24, 2.45) is 17.3 Å². The molecule has 0 heterocycles. The summed E-state index contributed by atoms with van der Waals surface area (Å²) in [5, 5.41) is 0. The van der Waals surface area contributed by atoms with Crippen LogP contribution in [0.3, 0.4) is 0 Å². The van der Waals surface area contributed by atoms with Crippen LogP contribution >= 0.6 is 0 Å². The SMILES string of the molecule is CCC(CC)(C(=O)OCC(C)C)C(=O)OC(C)CC(C)C. The van der Waals surface area contributed by atoms with E-state index in [-0.39, 0.29) is 12.0 Å². The monoisotopic (exact) mass is 300 g/mol. The maximum atomic E-state index is 12.5. The fourth-order valence-corrected chi connectivity index (χ4v) is 2.30. The maximum Gasteiger partial charge on any atom is 0.323 e. The third-order valence-electron chi connectivity index (χ3n) is 3.65. The summed E-state index contributed by atoms with van der Waals surface area (Å²) in [6.45, 7) is 13.9. The molecule has 0 aliphatic heterocycles. The van der Waals surface area contributed by atoms with Gasteiger partial charge in [-0.25, -0.2) is 0 Å². The van der Waals surface area contributed by atoms with Crippen molar-refractivity contribution in [1.29, 1.82) is 0 Å². The molecule has 0 aliphatic carbocycles. The minimum atomic E-state index is -1.17. The Morgan fingerprint density at radius 1 is 0.905 bits per heavy atom. The van der Waals surface area contributed by atoms with Gasteiger partial charge in [-0.15, -0.1) is 0 Å². The van der Waals surface area contributed by atoms with Crippen LogP contribution in [-0.4, -0.2) is 24.6 Å². The molecule has 0 saturated heterocycles. The Morgan fingerprint density at radius 2 is 1.43 bits per heavy atom. The summed E-state index contributed by atoms with van der Waals surface area (Å²) < 4.78 is 10.8. The Bertz CT molecular complexity index is 330. The number of rotatable bonds is 9. The topological polar surface area (TPSA) is 52.6 Å². The van der Waals surface area contributed by atoms with E-state index in [1.807, 2.05) is 34.6 Å². The van der Waals surface area contributed by atoms with E-state index in [0.717, 1.165) is 6.42 Å². The van der Waals surface area contributed by atoms with Gasteiger partial charge in [0.25, 0.3) is 0 Å². The largest absolute Gasteiger partial charge is 0.465 e. The molecule has 0 amide bonds. The van der Waals surface area contributed by atoms with Crippen LogP contribution in [-0.2, 0) is 19.1 Å². The minimum Gasteiger partial charge on any atom is -0.465 e. The first-order chi connectivity index (χ1) is 9.69. The molecule has 0 spiro atoms. The van der Waals surface area contributed by atoms with E-state index < -0.39 is 17.4 Å². The maximum absolute atomic E-state index is 12.5. The van der Waals surface area contributed by atoms with Gasteiger partial charge in [0.2, 0.25) is 0 Å². The lowest BCUT2D eigenvalue weighted by molar-refractivity contribution is -0.177. The van der Waals surface area contributed by atoms with Crippen LogP contribution in [0.15, 0.2) is 0 Å². The lowest BCUT2D eigenvalue weighted by atomic mass is 9.82. The van der Waals surface area contributed by atoms with Crippen LogP contribution in [0.1, 0.15) is 67.7 Å². The predicted octanol–water partition coefficient (Wildman–Crippen LogP) is 3.97. The first kappa shape index (κ1) is 19.9. The zero-order chi connectivity index (χ0) is 16.6. The van der Waals surface area contributed by atoms with Gasteiger partial charge < -0.3 is 9.47 Å². The van der Waals surface area contributed by atoms with Gasteiger partial charge in [-0.05, 0) is 38.0 Å². The molecule has 0 N–H and O–H groups in total. The van der Waals surface area contributed by atoms with Crippen molar-refractivity contribution >= 4 is 11.9 Å². The molecule has 0 fully saturated rings. The van der Waals surface area contributed by atoms with Crippen LogP contribution in [0.25, 0.3) is 0 Å². The molecule has 4 nitrogen and oxygen atoms in total. The second kappa shape index (κ2) is 9.06. The van der Waals surface area contributed by atoms with E-state index in [1.165, 1.54) is 0 Å². The van der Waals surface area contributed by atoms with Crippen molar-refractivity contribution in [3.63, 3.8) is 0 Å². The van der Waals surface area contributed by atoms with Crippen LogP contribution in [0.5, 0.6) is 0 Å². The van der Waals surface area contributed by atoms with Gasteiger partial charge in [-0.2, -0.15) is 0 Å². The van der Waals surface area contributed by atoms with E-state index in [9.17, 15) is 9.59 Å². The fourth-order valence-electron chi connectivity index (χ4n) is 2.30. The predicted molar refractivity (Wildman–Crippen MR) is 83.8 cm³/mol. The highest BCUT2D eigenvalue weighted by Crippen LogP contribution is 2.31. The molecule has 0 aromatic carbocycles. The fraction of sp³-hybridized carbons (Fsp3) is 0.882. The van der Waals surface area contributed by atoms with Gasteiger partial charge in [-0.3, -0.25) is 9.59 Å². The van der Waals surface area contributed by atoms with E-state index in [2.05, 4.69) is 13.8 Å². The summed E-state index contributed by atoms with van der Waals surface area (Å²) >= 11 is 0. The van der Waals surface area contributed by atoms with Gasteiger partial charge in [0.05, 0.1) is 12.7 Å². The quantitative estimate of drug-likeness (QED) is 0.477. The van der Waals surface area contributed by atoms with Crippen LogP contribution in [0.4, 0.5) is 0 Å². The Hall–Kier alpha value is -1.06. The van der Waals surface area contributed by atoms with Gasteiger partial charge >= 0.3 is 11.9 Å². The minimum absolute atomic E-state index is 0.187. The lowest BCUT2D eigenvalue weighted by Crippen LogP contribution is -2.42. The van der Waals surface area contributed by atoms with Gasteiger partial charge in [0.15, 0.2) is 5.41 Å². The van der Waals surface area contributed by atoms with Crippen molar-refractivity contribution in [3.8, 4) is 0 Å². The lowest BCUT2D eigenvalue weighted by Gasteiger charge is -2.29. The van der Waals surface area contributed by atoms with Crippen LogP contribution in [0, 0.1) is 17.3 Å². The van der Waals surface area contributed by atoms with Crippen molar-refractivity contribution < 1.29 is 19.1 Å². The Morgan fingerprint density at radius 3 is 1.81 bits per heavy atom. The van der Waals surface area contributed by atoms with Gasteiger partial charge in [-0.1, -0.05) is 41.5 Å². The number of esters is 2. The second-order valence-electron chi connectivity index (χ2n) is 6.63. The normalized spacial score (nSPS) is 13.4. The molecular formula is C17H32O4. The van der Waals surface area contributed by atoms with Gasteiger partial charge in [0.1, 0.15) is 0 Å². The summed E-state index contributed by atoms with van der Waals surface area (Å²) in [7, 11) is 0. The third kappa shape index (κ3) is 6.06. The molecule has 0 aromatic rings. The van der Waals surface area contributed by atoms with E-state index in [4.69, 9.17) is 9.47 Å². The Labute approximate surface area is 129 Å². The van der Waals surface area contributed by atoms with Crippen LogP contribution in [0.2, 0.25) is 0 Å². The summed E-state index contributed by atoms with van der Waals surface area (Å²) in [5.41, 5.74) is -1.17. The summed E-state index contributed by atoms with van der Waals surface area (Å²) in [4.78, 5) is 24.8. The molecule has 1 atom stereocenters. The van der Waals surface area contributed by atoms with Gasteiger partial charge in [0, 0.05) is 0 Å². The van der Waals surface area contributed by atoms with Crippen molar-refractivity contribution in [3.05, 3.63) is 0 Å². The highest BCUT2D eigenvalue weighted by Gasteiger charge is 2.46. The molecule has 0 radical (unpaired) electrons. The molecule has 1 unspecified atom stereocenters. The van der Waals surface area contributed by atoms with E-state index in [0.29, 0.717) is 25.4 Å². The smallest absolute Gasteiger partial charge is 0.323 e. The Kier molecular flexibility index (Phi) is 8.60. The van der Waals surface area contributed by atoms with Crippen LogP contribution < -0.4 is 0 Å². The third-order valence-corrected chi connectivity index (χ3v) is 3.65. The summed E-state index contributed by atoms with van der Waals surface area (Å²) in [5.74, 6) is -0.216. The second-order valence-corrected chi connectivity index (χ2v) is 6.63. The van der Waals surface area contributed by atoms with Crippen molar-refractivity contribution in [1.82, 2.24) is 0 Å². The Balaban J connectivity index is 4.91. The molecule has 0 saturated carbocycles. The summed E-state index contributed by atoms with van der Waals surface area (Å²) in [6, 6.07) is 0. The zero-order valence-corrected chi connectivity index (χ0v) is 14.7. The average Bonchev–Trinajstić information content (AvgIpc) is 2.37. The zero-order valence-electron chi connectivity index (χ0n) is 14.7. The molecule has 124 valence electrons. The van der Waals surface area contributed by atoms with Crippen molar-refractivity contribution in [2.45, 2.75) is 73.8 Å². The van der Waals surface area contributed by atoms with E-state index >= 15 is 0 Å². The molecule has 0 aromatic heterocycles. The average molecular weight is 300 g/mol. The molecule has 0 rings (SSSR count). The molecule has 0 aliphatic rings. The van der Waals surface area contributed by atoms with Crippen molar-refractivity contribution in [2.75, 3.05) is 6.61 Å². The highest BCUT2D eigenvalue weighted by atomic mass is 16.6. The molecule has 0 bridgehead atoms. The molecular weight excluding hydrogens is 268 g/mol. The number of hydrogen-bond donors (Lipinski definition) is 0. The molecule has 4 heteroatoms. The number of carbonyl (C=O) groups excluding carboxylic acids is 2. The first-order valence-electron chi connectivity index (χ1n) is 8.07. The number of carbonyl (C=O) groups is 2.